The predicted octanol–water partition coefficient (Wildman–Crippen LogP) is 1.46. The Labute approximate surface area is 107 Å². The Balaban J connectivity index is 2.26. The van der Waals surface area contributed by atoms with Gasteiger partial charge in [-0.05, 0) is 24.6 Å². The number of H-pyrrole nitrogens is 1. The fourth-order valence-electron chi connectivity index (χ4n) is 1.57. The molecule has 2 aromatic rings. The van der Waals surface area contributed by atoms with Crippen molar-refractivity contribution in [1.29, 1.82) is 0 Å². The van der Waals surface area contributed by atoms with E-state index in [1.165, 1.54) is 0 Å². The van der Waals surface area contributed by atoms with E-state index in [0.717, 1.165) is 11.8 Å². The molecule has 0 spiro atoms. The van der Waals surface area contributed by atoms with Gasteiger partial charge in [0.25, 0.3) is 5.91 Å². The van der Waals surface area contributed by atoms with Crippen molar-refractivity contribution in [2.75, 3.05) is 11.1 Å². The summed E-state index contributed by atoms with van der Waals surface area (Å²) in [6, 6.07) is 5.09. The lowest BCUT2D eigenvalue weighted by Gasteiger charge is -2.07. The Kier molecular flexibility index (Phi) is 3.15. The number of rotatable bonds is 3. The van der Waals surface area contributed by atoms with Gasteiger partial charge in [0.2, 0.25) is 5.69 Å². The molecule has 8 heteroatoms. The summed E-state index contributed by atoms with van der Waals surface area (Å²) >= 11 is 0. The fraction of sp³-hybridized carbons (Fsp3) is 0.0909. The summed E-state index contributed by atoms with van der Waals surface area (Å²) < 4.78 is 0. The number of hydrogen-bond donors (Lipinski definition) is 3. The maximum absolute atomic E-state index is 11.9. The smallest absolute Gasteiger partial charge is 0.319 e. The second-order valence-corrected chi connectivity index (χ2v) is 3.93. The van der Waals surface area contributed by atoms with E-state index in [0.29, 0.717) is 11.4 Å². The molecule has 0 radical (unpaired) electrons. The molecule has 0 saturated carbocycles. The Hall–Kier alpha value is -2.90. The van der Waals surface area contributed by atoms with E-state index in [9.17, 15) is 14.9 Å². The van der Waals surface area contributed by atoms with Gasteiger partial charge in [0.05, 0.1) is 16.3 Å². The van der Waals surface area contributed by atoms with Crippen LogP contribution in [0.2, 0.25) is 0 Å². The molecule has 1 aromatic carbocycles. The van der Waals surface area contributed by atoms with E-state index >= 15 is 0 Å². The molecule has 0 atom stereocenters. The number of anilines is 2. The van der Waals surface area contributed by atoms with Gasteiger partial charge >= 0.3 is 5.69 Å². The Bertz CT molecular complexity index is 650. The fourth-order valence-corrected chi connectivity index (χ4v) is 1.57. The molecule has 0 aliphatic rings. The zero-order valence-electron chi connectivity index (χ0n) is 10.0. The minimum absolute atomic E-state index is 0.218. The standard InChI is InChI=1S/C11H11N5O3/c1-6-2-3-8(7(12)4-6)14-11(17)10-9(16(18)19)5-13-15-10/h2-5H,12H2,1H3,(H,13,15)(H,14,17). The van der Waals surface area contributed by atoms with Crippen molar-refractivity contribution in [3.05, 3.63) is 45.8 Å². The molecule has 98 valence electrons. The molecule has 19 heavy (non-hydrogen) atoms. The lowest BCUT2D eigenvalue weighted by atomic mass is 10.2. The number of nitrogens with two attached hydrogens (primary N) is 1. The molecule has 0 aliphatic heterocycles. The largest absolute Gasteiger partial charge is 0.397 e. The minimum atomic E-state index is -0.684. The quantitative estimate of drug-likeness (QED) is 0.438. The molecule has 0 fully saturated rings. The lowest BCUT2D eigenvalue weighted by Crippen LogP contribution is -2.15. The number of nitrogen functional groups attached to an aromatic ring is 1. The summed E-state index contributed by atoms with van der Waals surface area (Å²) in [6.07, 6.45) is 0.980. The Morgan fingerprint density at radius 1 is 1.53 bits per heavy atom. The Morgan fingerprint density at radius 2 is 2.26 bits per heavy atom. The van der Waals surface area contributed by atoms with Crippen LogP contribution in [-0.2, 0) is 0 Å². The number of aryl methyl sites for hydroxylation is 1. The van der Waals surface area contributed by atoms with Crippen LogP contribution in [0.3, 0.4) is 0 Å². The molecule has 4 N–H and O–H groups in total. The van der Waals surface area contributed by atoms with Crippen molar-refractivity contribution in [2.24, 2.45) is 0 Å². The average Bonchev–Trinajstić information content (AvgIpc) is 2.82. The number of aromatic amines is 1. The number of benzene rings is 1. The molecule has 0 saturated heterocycles. The van der Waals surface area contributed by atoms with Crippen LogP contribution in [0.4, 0.5) is 17.1 Å². The van der Waals surface area contributed by atoms with E-state index in [2.05, 4.69) is 15.5 Å². The van der Waals surface area contributed by atoms with Gasteiger partial charge in [0.1, 0.15) is 6.20 Å². The maximum Gasteiger partial charge on any atom is 0.319 e. The van der Waals surface area contributed by atoms with Crippen molar-refractivity contribution in [1.82, 2.24) is 10.2 Å². The molecule has 0 unspecified atom stereocenters. The van der Waals surface area contributed by atoms with Gasteiger partial charge in [-0.1, -0.05) is 6.07 Å². The summed E-state index contributed by atoms with van der Waals surface area (Å²) in [6.45, 7) is 1.86. The monoisotopic (exact) mass is 261 g/mol. The summed E-state index contributed by atoms with van der Waals surface area (Å²) in [5, 5.41) is 19.0. The van der Waals surface area contributed by atoms with E-state index < -0.39 is 10.8 Å². The highest BCUT2D eigenvalue weighted by Crippen LogP contribution is 2.22. The normalized spacial score (nSPS) is 10.2. The van der Waals surface area contributed by atoms with E-state index in [-0.39, 0.29) is 11.4 Å². The van der Waals surface area contributed by atoms with Crippen LogP contribution in [0.5, 0.6) is 0 Å². The van der Waals surface area contributed by atoms with Crippen molar-refractivity contribution in [3.63, 3.8) is 0 Å². The van der Waals surface area contributed by atoms with Crippen LogP contribution in [-0.4, -0.2) is 21.0 Å². The minimum Gasteiger partial charge on any atom is -0.397 e. The van der Waals surface area contributed by atoms with E-state index in [4.69, 9.17) is 5.73 Å². The molecule has 1 heterocycles. The number of carbonyl (C=O) groups excluding carboxylic acids is 1. The number of aromatic nitrogens is 2. The number of hydrogen-bond acceptors (Lipinski definition) is 5. The molecule has 2 rings (SSSR count). The topological polar surface area (TPSA) is 127 Å². The summed E-state index contributed by atoms with van der Waals surface area (Å²) in [4.78, 5) is 21.9. The first-order chi connectivity index (χ1) is 8.99. The first kappa shape index (κ1) is 12.6. The van der Waals surface area contributed by atoms with Gasteiger partial charge in [-0.3, -0.25) is 20.0 Å². The first-order valence-corrected chi connectivity index (χ1v) is 5.34. The third-order valence-electron chi connectivity index (χ3n) is 2.50. The second-order valence-electron chi connectivity index (χ2n) is 3.93. The van der Waals surface area contributed by atoms with Gasteiger partial charge in [-0.15, -0.1) is 0 Å². The van der Waals surface area contributed by atoms with Crippen molar-refractivity contribution in [2.45, 2.75) is 6.92 Å². The highest BCUT2D eigenvalue weighted by Gasteiger charge is 2.23. The molecule has 0 bridgehead atoms. The zero-order chi connectivity index (χ0) is 14.0. The third kappa shape index (κ3) is 2.51. The Morgan fingerprint density at radius 3 is 2.89 bits per heavy atom. The first-order valence-electron chi connectivity index (χ1n) is 5.34. The summed E-state index contributed by atoms with van der Waals surface area (Å²) in [7, 11) is 0. The van der Waals surface area contributed by atoms with Gasteiger partial charge in [-0.2, -0.15) is 5.10 Å². The number of carbonyl (C=O) groups is 1. The van der Waals surface area contributed by atoms with E-state index in [1.54, 1.807) is 18.2 Å². The van der Waals surface area contributed by atoms with Crippen LogP contribution in [0, 0.1) is 17.0 Å². The number of nitro groups is 1. The molecular weight excluding hydrogens is 250 g/mol. The third-order valence-corrected chi connectivity index (χ3v) is 2.50. The van der Waals surface area contributed by atoms with Gasteiger partial charge < -0.3 is 11.1 Å². The van der Waals surface area contributed by atoms with Gasteiger partial charge in [0.15, 0.2) is 0 Å². The molecule has 1 aromatic heterocycles. The van der Waals surface area contributed by atoms with Crippen molar-refractivity contribution < 1.29 is 9.72 Å². The molecule has 0 aliphatic carbocycles. The van der Waals surface area contributed by atoms with Gasteiger partial charge in [0, 0.05) is 0 Å². The van der Waals surface area contributed by atoms with Crippen LogP contribution < -0.4 is 11.1 Å². The molecule has 8 nitrogen and oxygen atoms in total. The summed E-state index contributed by atoms with van der Waals surface area (Å²) in [5.74, 6) is -0.667. The highest BCUT2D eigenvalue weighted by atomic mass is 16.6. The van der Waals surface area contributed by atoms with Crippen molar-refractivity contribution in [3.8, 4) is 0 Å². The highest BCUT2D eigenvalue weighted by molar-refractivity contribution is 6.06. The average molecular weight is 261 g/mol. The SMILES string of the molecule is Cc1ccc(NC(=O)c2[nH]ncc2[N+](=O)[O-])c(N)c1. The van der Waals surface area contributed by atoms with Crippen molar-refractivity contribution >= 4 is 23.0 Å². The summed E-state index contributed by atoms with van der Waals surface area (Å²) in [5.41, 5.74) is 6.86. The second kappa shape index (κ2) is 4.77. The van der Waals surface area contributed by atoms with E-state index in [1.807, 2.05) is 6.92 Å². The number of amides is 1. The van der Waals surface area contributed by atoms with Crippen LogP contribution in [0.25, 0.3) is 0 Å². The number of nitrogens with zero attached hydrogens (tertiary/aromatic N) is 2. The lowest BCUT2D eigenvalue weighted by molar-refractivity contribution is -0.385. The molecule has 1 amide bonds. The number of nitrogens with one attached hydrogen (secondary N) is 2. The maximum atomic E-state index is 11.9. The molecular formula is C11H11N5O3. The predicted molar refractivity (Wildman–Crippen MR) is 68.8 cm³/mol. The van der Waals surface area contributed by atoms with Crippen LogP contribution in [0.1, 0.15) is 16.1 Å². The van der Waals surface area contributed by atoms with Crippen LogP contribution in [0.15, 0.2) is 24.4 Å². The zero-order valence-corrected chi connectivity index (χ0v) is 10.0. The van der Waals surface area contributed by atoms with Gasteiger partial charge in [-0.25, -0.2) is 0 Å². The van der Waals surface area contributed by atoms with Crippen LogP contribution >= 0.6 is 0 Å².